The second kappa shape index (κ2) is 11.1. The summed E-state index contributed by atoms with van der Waals surface area (Å²) < 4.78 is 0. The van der Waals surface area contributed by atoms with E-state index in [2.05, 4.69) is 31.4 Å². The quantitative estimate of drug-likeness (QED) is 0.608. The van der Waals surface area contributed by atoms with Crippen molar-refractivity contribution in [1.82, 2.24) is 10.2 Å². The molecule has 6 nitrogen and oxygen atoms in total. The first-order valence-electron chi connectivity index (χ1n) is 11.5. The fraction of sp³-hybridized carbons (Fsp3) is 0.444. The maximum Gasteiger partial charge on any atom is 0.251 e. The second-order valence-corrected chi connectivity index (χ2v) is 9.75. The van der Waals surface area contributed by atoms with Crippen molar-refractivity contribution in [1.29, 1.82) is 0 Å². The Morgan fingerprint density at radius 3 is 2.15 bits per heavy atom. The molecule has 1 unspecified atom stereocenters. The minimum atomic E-state index is -0.687. The molecule has 0 spiro atoms. The molecule has 0 aliphatic carbocycles. The highest BCUT2D eigenvalue weighted by Crippen LogP contribution is 2.22. The summed E-state index contributed by atoms with van der Waals surface area (Å²) in [5, 5.41) is 5.79. The van der Waals surface area contributed by atoms with E-state index in [9.17, 15) is 14.4 Å². The lowest BCUT2D eigenvalue weighted by Gasteiger charge is -2.23. The highest BCUT2D eigenvalue weighted by molar-refractivity contribution is 6.01. The van der Waals surface area contributed by atoms with Crippen molar-refractivity contribution in [3.8, 4) is 0 Å². The van der Waals surface area contributed by atoms with Crippen molar-refractivity contribution in [3.63, 3.8) is 0 Å². The van der Waals surface area contributed by atoms with E-state index in [4.69, 9.17) is 0 Å². The molecule has 0 aliphatic rings. The molecule has 1 atom stereocenters. The number of hydrogen-bond acceptors (Lipinski definition) is 3. The van der Waals surface area contributed by atoms with E-state index in [0.717, 1.165) is 11.1 Å². The summed E-state index contributed by atoms with van der Waals surface area (Å²) >= 11 is 0. The molecule has 0 fully saturated rings. The van der Waals surface area contributed by atoms with Crippen LogP contribution in [0.1, 0.15) is 70.0 Å². The largest absolute Gasteiger partial charge is 0.340 e. The fourth-order valence-corrected chi connectivity index (χ4v) is 3.51. The first-order chi connectivity index (χ1) is 15.4. The molecule has 0 aliphatic heterocycles. The van der Waals surface area contributed by atoms with Crippen LogP contribution in [0.25, 0.3) is 0 Å². The molecule has 33 heavy (non-hydrogen) atoms. The van der Waals surface area contributed by atoms with Gasteiger partial charge in [0.05, 0.1) is 0 Å². The van der Waals surface area contributed by atoms with Crippen LogP contribution >= 0.6 is 0 Å². The maximum atomic E-state index is 13.0. The monoisotopic (exact) mass is 451 g/mol. The van der Waals surface area contributed by atoms with E-state index in [-0.39, 0.29) is 29.1 Å². The molecule has 6 heteroatoms. The van der Waals surface area contributed by atoms with Gasteiger partial charge in [0.15, 0.2) is 0 Å². The maximum absolute atomic E-state index is 13.0. The number of carbonyl (C=O) groups is 3. The highest BCUT2D eigenvalue weighted by Gasteiger charge is 2.25. The molecular weight excluding hydrogens is 414 g/mol. The molecule has 0 radical (unpaired) electrons. The Labute approximate surface area is 197 Å². The number of anilines is 1. The zero-order chi connectivity index (χ0) is 24.8. The van der Waals surface area contributed by atoms with E-state index in [1.165, 1.54) is 0 Å². The van der Waals surface area contributed by atoms with Gasteiger partial charge in [0.1, 0.15) is 6.04 Å². The number of hydrogen-bond donors (Lipinski definition) is 2. The fourth-order valence-electron chi connectivity index (χ4n) is 3.51. The Kier molecular flexibility index (Phi) is 8.80. The smallest absolute Gasteiger partial charge is 0.251 e. The average Bonchev–Trinajstić information content (AvgIpc) is 2.74. The van der Waals surface area contributed by atoms with Gasteiger partial charge in [0, 0.05) is 31.3 Å². The predicted octanol–water partition coefficient (Wildman–Crippen LogP) is 4.75. The van der Waals surface area contributed by atoms with Crippen LogP contribution in [-0.4, -0.2) is 35.2 Å². The van der Waals surface area contributed by atoms with Crippen molar-refractivity contribution >= 4 is 23.4 Å². The highest BCUT2D eigenvalue weighted by atomic mass is 16.2. The molecular formula is C27H37N3O3. The first kappa shape index (κ1) is 26.1. The number of rotatable bonds is 8. The van der Waals surface area contributed by atoms with E-state index in [1.54, 1.807) is 30.0 Å². The van der Waals surface area contributed by atoms with Crippen LogP contribution in [0.2, 0.25) is 0 Å². The van der Waals surface area contributed by atoms with Crippen molar-refractivity contribution in [2.45, 2.75) is 66.5 Å². The molecule has 0 bridgehead atoms. The number of carbonyl (C=O) groups excluding carboxylic acids is 3. The topological polar surface area (TPSA) is 78.5 Å². The standard InChI is InChI=1S/C27H37N3O3/c1-8-30(19(4)31)17-20-10-9-11-23(16-20)28-26(33)24(18(2)3)29-25(32)21-12-14-22(15-13-21)27(5,6)7/h9-16,18,24H,8,17H2,1-7H3,(H,28,33)(H,29,32). The summed E-state index contributed by atoms with van der Waals surface area (Å²) in [6, 6.07) is 14.2. The summed E-state index contributed by atoms with van der Waals surface area (Å²) in [7, 11) is 0. The molecule has 2 rings (SSSR count). The van der Waals surface area contributed by atoms with E-state index >= 15 is 0 Å². The lowest BCUT2D eigenvalue weighted by molar-refractivity contribution is -0.129. The van der Waals surface area contributed by atoms with Crippen molar-refractivity contribution in [2.75, 3.05) is 11.9 Å². The zero-order valence-electron chi connectivity index (χ0n) is 20.9. The molecule has 2 aromatic rings. The second-order valence-electron chi connectivity index (χ2n) is 9.75. The zero-order valence-corrected chi connectivity index (χ0v) is 20.9. The molecule has 2 aromatic carbocycles. The lowest BCUT2D eigenvalue weighted by Crippen LogP contribution is -2.47. The van der Waals surface area contributed by atoms with Crippen LogP contribution in [0.4, 0.5) is 5.69 Å². The Morgan fingerprint density at radius 2 is 1.64 bits per heavy atom. The minimum Gasteiger partial charge on any atom is -0.340 e. The van der Waals surface area contributed by atoms with Crippen LogP contribution in [0.3, 0.4) is 0 Å². The van der Waals surface area contributed by atoms with Crippen LogP contribution in [0.15, 0.2) is 48.5 Å². The Morgan fingerprint density at radius 1 is 1.00 bits per heavy atom. The Hall–Kier alpha value is -3.15. The van der Waals surface area contributed by atoms with Gasteiger partial charge in [0.2, 0.25) is 11.8 Å². The summed E-state index contributed by atoms with van der Waals surface area (Å²) in [6.45, 7) is 14.7. The lowest BCUT2D eigenvalue weighted by atomic mass is 9.86. The number of benzene rings is 2. The molecule has 0 heterocycles. The Balaban J connectivity index is 2.10. The van der Waals surface area contributed by atoms with Gasteiger partial charge in [-0.05, 0) is 53.6 Å². The van der Waals surface area contributed by atoms with Gasteiger partial charge in [-0.15, -0.1) is 0 Å². The van der Waals surface area contributed by atoms with Crippen molar-refractivity contribution in [3.05, 3.63) is 65.2 Å². The third kappa shape index (κ3) is 7.45. The predicted molar refractivity (Wildman–Crippen MR) is 133 cm³/mol. The van der Waals surface area contributed by atoms with Gasteiger partial charge >= 0.3 is 0 Å². The average molecular weight is 452 g/mol. The third-order valence-corrected chi connectivity index (χ3v) is 5.64. The molecule has 0 aromatic heterocycles. The van der Waals surface area contributed by atoms with Crippen molar-refractivity contribution < 1.29 is 14.4 Å². The minimum absolute atomic E-state index is 0.00245. The van der Waals surface area contributed by atoms with Crippen molar-refractivity contribution in [2.24, 2.45) is 5.92 Å². The number of amides is 3. The Bertz CT molecular complexity index is 975. The van der Waals surface area contributed by atoms with Gasteiger partial charge in [-0.25, -0.2) is 0 Å². The molecule has 3 amide bonds. The third-order valence-electron chi connectivity index (χ3n) is 5.64. The van der Waals surface area contributed by atoms with Crippen LogP contribution < -0.4 is 10.6 Å². The molecule has 0 saturated heterocycles. The van der Waals surface area contributed by atoms with Gasteiger partial charge in [-0.1, -0.05) is 58.9 Å². The summed E-state index contributed by atoms with van der Waals surface area (Å²) in [4.78, 5) is 39.3. The molecule has 0 saturated carbocycles. The number of nitrogens with zero attached hydrogens (tertiary/aromatic N) is 1. The van der Waals surface area contributed by atoms with Gasteiger partial charge < -0.3 is 15.5 Å². The normalized spacial score (nSPS) is 12.2. The molecule has 2 N–H and O–H groups in total. The van der Waals surface area contributed by atoms with Gasteiger partial charge in [-0.3, -0.25) is 14.4 Å². The summed E-state index contributed by atoms with van der Waals surface area (Å²) in [5.74, 6) is -0.650. The summed E-state index contributed by atoms with van der Waals surface area (Å²) in [5.41, 5.74) is 3.22. The molecule has 178 valence electrons. The van der Waals surface area contributed by atoms with Gasteiger partial charge in [0.25, 0.3) is 5.91 Å². The van der Waals surface area contributed by atoms with E-state index < -0.39 is 6.04 Å². The van der Waals surface area contributed by atoms with Crippen LogP contribution in [-0.2, 0) is 21.5 Å². The van der Waals surface area contributed by atoms with Crippen LogP contribution in [0.5, 0.6) is 0 Å². The van der Waals surface area contributed by atoms with E-state index in [1.807, 2.05) is 51.1 Å². The van der Waals surface area contributed by atoms with Gasteiger partial charge in [-0.2, -0.15) is 0 Å². The SMILES string of the molecule is CCN(Cc1cccc(NC(=O)C(NC(=O)c2ccc(C(C)(C)C)cc2)C(C)C)c1)C(C)=O. The van der Waals surface area contributed by atoms with Crippen LogP contribution in [0, 0.1) is 5.92 Å². The first-order valence-corrected chi connectivity index (χ1v) is 11.5. The summed E-state index contributed by atoms with van der Waals surface area (Å²) in [6.07, 6.45) is 0. The van der Waals surface area contributed by atoms with E-state index in [0.29, 0.717) is 24.3 Å². The number of nitrogens with one attached hydrogen (secondary N) is 2.